The zero-order chi connectivity index (χ0) is 43.6. The van der Waals surface area contributed by atoms with Crippen molar-refractivity contribution in [2.75, 3.05) is 4.90 Å². The highest BCUT2D eigenvalue weighted by Gasteiger charge is 2.22. The average Bonchev–Trinajstić information content (AvgIpc) is 3.72. The first-order valence-electron chi connectivity index (χ1n) is 22.8. The number of aromatic nitrogens is 1. The van der Waals surface area contributed by atoms with Gasteiger partial charge in [0.05, 0.1) is 16.7 Å². The van der Waals surface area contributed by atoms with E-state index < -0.39 is 0 Å². The van der Waals surface area contributed by atoms with Gasteiger partial charge in [0.25, 0.3) is 0 Å². The van der Waals surface area contributed by atoms with Gasteiger partial charge in [-0.3, -0.25) is 0 Å². The summed E-state index contributed by atoms with van der Waals surface area (Å²) < 4.78 is 2.39. The van der Waals surface area contributed by atoms with E-state index in [9.17, 15) is 0 Å². The molecule has 0 aliphatic carbocycles. The van der Waals surface area contributed by atoms with Gasteiger partial charge in [0.15, 0.2) is 0 Å². The third-order valence-corrected chi connectivity index (χ3v) is 13.5. The molecule has 13 aromatic rings. The van der Waals surface area contributed by atoms with Gasteiger partial charge in [-0.2, -0.15) is 0 Å². The molecule has 0 bridgehead atoms. The Labute approximate surface area is 383 Å². The van der Waals surface area contributed by atoms with E-state index in [4.69, 9.17) is 0 Å². The van der Waals surface area contributed by atoms with Crippen LogP contribution in [0.5, 0.6) is 0 Å². The molecule has 0 spiro atoms. The van der Waals surface area contributed by atoms with Crippen LogP contribution in [-0.2, 0) is 0 Å². The van der Waals surface area contributed by atoms with Crippen molar-refractivity contribution in [2.24, 2.45) is 0 Å². The Morgan fingerprint density at radius 1 is 0.273 bits per heavy atom. The molecule has 2 nitrogen and oxygen atoms in total. The van der Waals surface area contributed by atoms with E-state index in [0.29, 0.717) is 0 Å². The SMILES string of the molecule is c1ccc(-c2c3ccccc3c(-c3cccc4c(N(c5ccc(-c6ccc7ccccc7c6)cc5)c5ccc6c(c5)c5ccccc5n6-c5ccccc5)cccc34)c3ccccc23)cc1. The molecule has 0 fully saturated rings. The second kappa shape index (κ2) is 15.5. The van der Waals surface area contributed by atoms with E-state index >= 15 is 0 Å². The summed E-state index contributed by atoms with van der Waals surface area (Å²) in [5.74, 6) is 0. The Bertz CT molecular complexity index is 3920. The monoisotopic (exact) mass is 838 g/mol. The third kappa shape index (κ3) is 6.11. The maximum atomic E-state index is 2.46. The van der Waals surface area contributed by atoms with E-state index in [2.05, 4.69) is 264 Å². The van der Waals surface area contributed by atoms with Gasteiger partial charge in [-0.15, -0.1) is 0 Å². The van der Waals surface area contributed by atoms with Crippen LogP contribution in [0.1, 0.15) is 0 Å². The molecular formula is C64H42N2. The smallest absolute Gasteiger partial charge is 0.0542 e. The summed E-state index contributed by atoms with van der Waals surface area (Å²) in [7, 11) is 0. The first kappa shape index (κ1) is 37.8. The summed E-state index contributed by atoms with van der Waals surface area (Å²) in [6.07, 6.45) is 0. The number of rotatable bonds is 7. The van der Waals surface area contributed by atoms with Crippen molar-refractivity contribution in [3.05, 3.63) is 255 Å². The number of fused-ring (bicyclic) bond motifs is 7. The van der Waals surface area contributed by atoms with Crippen LogP contribution in [-0.4, -0.2) is 4.57 Å². The van der Waals surface area contributed by atoms with E-state index in [0.717, 1.165) is 22.7 Å². The lowest BCUT2D eigenvalue weighted by Crippen LogP contribution is -2.10. The summed E-state index contributed by atoms with van der Waals surface area (Å²) in [6, 6.07) is 93.3. The molecule has 0 saturated heterocycles. The molecule has 0 radical (unpaired) electrons. The van der Waals surface area contributed by atoms with Gasteiger partial charge in [-0.1, -0.05) is 194 Å². The van der Waals surface area contributed by atoms with Gasteiger partial charge in [-0.05, 0) is 132 Å². The number of anilines is 3. The first-order valence-corrected chi connectivity index (χ1v) is 22.8. The van der Waals surface area contributed by atoms with Gasteiger partial charge in [0.2, 0.25) is 0 Å². The summed E-state index contributed by atoms with van der Waals surface area (Å²) in [5.41, 5.74) is 14.2. The standard InChI is InChI=1S/C64H42N2/c1-3-18-45(19-4-1)63-55-24-9-11-26-57(55)64(58-27-12-10-25-56(58)63)54-30-15-29-52-51(54)28-16-32-60(52)65(49-37-35-44(36-38-49)47-34-33-43-17-7-8-20-46(43)41-47)50-39-40-62-59(42-50)53-23-13-14-31-61(53)66(62)48-21-5-2-6-22-48/h1-42H. The predicted molar refractivity (Wildman–Crippen MR) is 282 cm³/mol. The van der Waals surface area contributed by atoms with E-state index in [1.54, 1.807) is 0 Å². The highest BCUT2D eigenvalue weighted by atomic mass is 15.1. The number of benzene rings is 12. The Balaban J connectivity index is 1.04. The Hall–Kier alpha value is -8.72. The van der Waals surface area contributed by atoms with Crippen molar-refractivity contribution in [3.8, 4) is 39.1 Å². The second-order valence-electron chi connectivity index (χ2n) is 17.2. The van der Waals surface area contributed by atoms with Crippen LogP contribution >= 0.6 is 0 Å². The highest BCUT2D eigenvalue weighted by molar-refractivity contribution is 6.24. The molecule has 12 aromatic carbocycles. The fourth-order valence-electron chi connectivity index (χ4n) is 10.6. The minimum Gasteiger partial charge on any atom is -0.310 e. The van der Waals surface area contributed by atoms with Gasteiger partial charge in [-0.25, -0.2) is 0 Å². The Kier molecular flexibility index (Phi) is 8.89. The first-order chi connectivity index (χ1) is 32.8. The molecule has 0 atom stereocenters. The molecule has 0 saturated carbocycles. The van der Waals surface area contributed by atoms with Crippen LogP contribution in [0.25, 0.3) is 104 Å². The van der Waals surface area contributed by atoms with Crippen molar-refractivity contribution in [2.45, 2.75) is 0 Å². The van der Waals surface area contributed by atoms with E-state index in [1.165, 1.54) is 98.3 Å². The molecule has 66 heavy (non-hydrogen) atoms. The van der Waals surface area contributed by atoms with Crippen LogP contribution in [0.4, 0.5) is 17.1 Å². The highest BCUT2D eigenvalue weighted by Crippen LogP contribution is 2.48. The normalized spacial score (nSPS) is 11.6. The van der Waals surface area contributed by atoms with E-state index in [-0.39, 0.29) is 0 Å². The summed E-state index contributed by atoms with van der Waals surface area (Å²) in [5, 5.41) is 12.3. The molecule has 0 amide bonds. The number of hydrogen-bond donors (Lipinski definition) is 0. The van der Waals surface area contributed by atoms with Crippen molar-refractivity contribution in [1.82, 2.24) is 4.57 Å². The molecule has 13 rings (SSSR count). The van der Waals surface area contributed by atoms with Crippen molar-refractivity contribution in [1.29, 1.82) is 0 Å². The molecule has 0 unspecified atom stereocenters. The van der Waals surface area contributed by atoms with Crippen molar-refractivity contribution >= 4 is 82.0 Å². The Morgan fingerprint density at radius 2 is 0.818 bits per heavy atom. The molecule has 0 aliphatic rings. The topological polar surface area (TPSA) is 8.17 Å². The third-order valence-electron chi connectivity index (χ3n) is 13.5. The van der Waals surface area contributed by atoms with Crippen LogP contribution in [0.15, 0.2) is 255 Å². The lowest BCUT2D eigenvalue weighted by molar-refractivity contribution is 1.18. The molecule has 1 heterocycles. The average molecular weight is 839 g/mol. The predicted octanol–water partition coefficient (Wildman–Crippen LogP) is 17.9. The lowest BCUT2D eigenvalue weighted by atomic mass is 9.84. The largest absolute Gasteiger partial charge is 0.310 e. The molecular weight excluding hydrogens is 797 g/mol. The second-order valence-corrected chi connectivity index (χ2v) is 17.2. The molecule has 0 N–H and O–H groups in total. The molecule has 0 aliphatic heterocycles. The van der Waals surface area contributed by atoms with Crippen LogP contribution in [0, 0.1) is 0 Å². The van der Waals surface area contributed by atoms with Crippen molar-refractivity contribution in [3.63, 3.8) is 0 Å². The minimum atomic E-state index is 1.09. The van der Waals surface area contributed by atoms with Crippen LogP contribution < -0.4 is 4.90 Å². The maximum Gasteiger partial charge on any atom is 0.0542 e. The fourth-order valence-corrected chi connectivity index (χ4v) is 10.6. The van der Waals surface area contributed by atoms with Crippen molar-refractivity contribution < 1.29 is 0 Å². The van der Waals surface area contributed by atoms with Gasteiger partial charge in [0, 0.05) is 33.2 Å². The zero-order valence-corrected chi connectivity index (χ0v) is 36.1. The Morgan fingerprint density at radius 3 is 1.56 bits per heavy atom. The van der Waals surface area contributed by atoms with E-state index in [1.807, 2.05) is 0 Å². The zero-order valence-electron chi connectivity index (χ0n) is 36.1. The number of hydrogen-bond acceptors (Lipinski definition) is 1. The van der Waals surface area contributed by atoms with Gasteiger partial charge in [0.1, 0.15) is 0 Å². The minimum absolute atomic E-state index is 1.09. The summed E-state index contributed by atoms with van der Waals surface area (Å²) in [6.45, 7) is 0. The van der Waals surface area contributed by atoms with Gasteiger partial charge < -0.3 is 9.47 Å². The number of nitrogens with zero attached hydrogens (tertiary/aromatic N) is 2. The van der Waals surface area contributed by atoms with Crippen LogP contribution in [0.2, 0.25) is 0 Å². The maximum absolute atomic E-state index is 2.46. The molecule has 2 heteroatoms. The quantitative estimate of drug-likeness (QED) is 0.145. The summed E-state index contributed by atoms with van der Waals surface area (Å²) in [4.78, 5) is 2.46. The summed E-state index contributed by atoms with van der Waals surface area (Å²) >= 11 is 0. The van der Waals surface area contributed by atoms with Gasteiger partial charge >= 0.3 is 0 Å². The molecule has 308 valence electrons. The fraction of sp³-hybridized carbons (Fsp3) is 0. The lowest BCUT2D eigenvalue weighted by Gasteiger charge is -2.28. The number of para-hydroxylation sites is 2. The van der Waals surface area contributed by atoms with Crippen LogP contribution in [0.3, 0.4) is 0 Å². The molecule has 1 aromatic heterocycles.